The van der Waals surface area contributed by atoms with Crippen molar-refractivity contribution in [3.05, 3.63) is 28.8 Å². The van der Waals surface area contributed by atoms with Crippen molar-refractivity contribution in [1.82, 2.24) is 5.32 Å². The van der Waals surface area contributed by atoms with E-state index in [9.17, 15) is 4.79 Å². The molecule has 0 heterocycles. The van der Waals surface area contributed by atoms with Gasteiger partial charge in [-0.3, -0.25) is 4.79 Å². The first-order valence-electron chi connectivity index (χ1n) is 5.53. The maximum absolute atomic E-state index is 11.0. The lowest BCUT2D eigenvalue weighted by atomic mass is 9.96. The van der Waals surface area contributed by atoms with Crippen LogP contribution in [0.1, 0.15) is 16.7 Å². The maximum atomic E-state index is 11.0. The van der Waals surface area contributed by atoms with Gasteiger partial charge in [0, 0.05) is 0 Å². The molecule has 0 radical (unpaired) electrons. The van der Waals surface area contributed by atoms with Gasteiger partial charge in [-0.1, -0.05) is 0 Å². The third kappa shape index (κ3) is 3.20. The Bertz CT molecular complexity index is 392. The van der Waals surface area contributed by atoms with Crippen molar-refractivity contribution < 1.29 is 14.6 Å². The predicted octanol–water partition coefficient (Wildman–Crippen LogP) is 1.53. The monoisotopic (exact) mass is 237 g/mol. The number of ether oxygens (including phenoxy) is 1. The minimum atomic E-state index is -0.831. The van der Waals surface area contributed by atoms with Gasteiger partial charge in [0.25, 0.3) is 0 Å². The van der Waals surface area contributed by atoms with E-state index < -0.39 is 12.0 Å². The lowest BCUT2D eigenvalue weighted by Gasteiger charge is -2.16. The number of aryl methyl sites for hydroxylation is 2. The molecule has 4 nitrogen and oxygen atoms in total. The van der Waals surface area contributed by atoms with E-state index in [0.29, 0.717) is 6.42 Å². The lowest BCUT2D eigenvalue weighted by Crippen LogP contribution is -2.36. The molecule has 0 bridgehead atoms. The summed E-state index contributed by atoms with van der Waals surface area (Å²) in [6, 6.07) is 3.30. The summed E-state index contributed by atoms with van der Waals surface area (Å²) >= 11 is 0. The van der Waals surface area contributed by atoms with Crippen molar-refractivity contribution >= 4 is 5.97 Å². The smallest absolute Gasteiger partial charge is 0.321 e. The molecular weight excluding hydrogens is 218 g/mol. The Morgan fingerprint density at radius 2 is 1.94 bits per heavy atom. The van der Waals surface area contributed by atoms with E-state index in [2.05, 4.69) is 5.32 Å². The summed E-state index contributed by atoms with van der Waals surface area (Å²) in [5.41, 5.74) is 3.18. The number of carboxylic acid groups (broad SMARTS) is 1. The maximum Gasteiger partial charge on any atom is 0.321 e. The molecule has 0 fully saturated rings. The molecule has 0 saturated heterocycles. The molecule has 0 aromatic heterocycles. The quantitative estimate of drug-likeness (QED) is 0.815. The van der Waals surface area contributed by atoms with E-state index >= 15 is 0 Å². The first-order valence-corrected chi connectivity index (χ1v) is 5.53. The van der Waals surface area contributed by atoms with E-state index in [-0.39, 0.29) is 0 Å². The summed E-state index contributed by atoms with van der Waals surface area (Å²) in [5.74, 6) is -0.0257. The number of methoxy groups -OCH3 is 1. The zero-order valence-corrected chi connectivity index (χ0v) is 10.7. The Labute approximate surface area is 102 Å². The van der Waals surface area contributed by atoms with E-state index in [1.165, 1.54) is 0 Å². The van der Waals surface area contributed by atoms with Crippen molar-refractivity contribution in [1.29, 1.82) is 0 Å². The second kappa shape index (κ2) is 5.68. The van der Waals surface area contributed by atoms with Crippen molar-refractivity contribution in [2.24, 2.45) is 0 Å². The highest BCUT2D eigenvalue weighted by Gasteiger charge is 2.18. The summed E-state index contributed by atoms with van der Waals surface area (Å²) in [6.45, 7) is 3.94. The van der Waals surface area contributed by atoms with Crippen LogP contribution in [-0.4, -0.2) is 31.3 Å². The van der Waals surface area contributed by atoms with E-state index in [1.807, 2.05) is 26.0 Å². The molecule has 1 aromatic carbocycles. The van der Waals surface area contributed by atoms with Gasteiger partial charge in [-0.25, -0.2) is 0 Å². The first kappa shape index (κ1) is 13.5. The Morgan fingerprint density at radius 3 is 2.29 bits per heavy atom. The van der Waals surface area contributed by atoms with E-state index in [1.54, 1.807) is 14.2 Å². The van der Waals surface area contributed by atoms with E-state index in [4.69, 9.17) is 9.84 Å². The van der Waals surface area contributed by atoms with Crippen molar-refractivity contribution in [3.63, 3.8) is 0 Å². The minimum absolute atomic E-state index is 0.480. The van der Waals surface area contributed by atoms with Crippen LogP contribution >= 0.6 is 0 Å². The molecule has 2 N–H and O–H groups in total. The number of likely N-dealkylation sites (N-methyl/N-ethyl adjacent to an activating group) is 1. The average Bonchev–Trinajstić information content (AvgIpc) is 2.27. The van der Waals surface area contributed by atoms with Crippen LogP contribution < -0.4 is 10.1 Å². The molecule has 17 heavy (non-hydrogen) atoms. The number of benzene rings is 1. The van der Waals surface area contributed by atoms with Crippen LogP contribution in [0, 0.1) is 13.8 Å². The Morgan fingerprint density at radius 1 is 1.41 bits per heavy atom. The fourth-order valence-corrected chi connectivity index (χ4v) is 1.91. The largest absolute Gasteiger partial charge is 0.497 e. The number of aliphatic carboxylic acids is 1. The molecule has 1 atom stereocenters. The number of carboxylic acids is 1. The Balaban J connectivity index is 3.02. The molecule has 0 aliphatic rings. The zero-order valence-electron chi connectivity index (χ0n) is 10.7. The van der Waals surface area contributed by atoms with Crippen LogP contribution in [0.15, 0.2) is 12.1 Å². The third-order valence-corrected chi connectivity index (χ3v) is 2.96. The molecule has 0 aliphatic heterocycles. The SMILES string of the molecule is CNC(Cc1c(C)cc(OC)cc1C)C(=O)O. The highest BCUT2D eigenvalue weighted by Crippen LogP contribution is 2.22. The summed E-state index contributed by atoms with van der Waals surface area (Å²) in [6.07, 6.45) is 0.480. The molecule has 1 rings (SSSR count). The van der Waals surface area contributed by atoms with Gasteiger partial charge in [0.1, 0.15) is 11.8 Å². The fraction of sp³-hybridized carbons (Fsp3) is 0.462. The normalized spacial score (nSPS) is 12.2. The van der Waals surface area contributed by atoms with Crippen LogP contribution in [0.25, 0.3) is 0 Å². The van der Waals surface area contributed by atoms with E-state index in [0.717, 1.165) is 22.4 Å². The molecular formula is C13H19NO3. The van der Waals surface area contributed by atoms with Crippen LogP contribution in [0.2, 0.25) is 0 Å². The van der Waals surface area contributed by atoms with Gasteiger partial charge in [0.2, 0.25) is 0 Å². The summed E-state index contributed by atoms with van der Waals surface area (Å²) < 4.78 is 5.18. The van der Waals surface area contributed by atoms with Gasteiger partial charge < -0.3 is 15.2 Å². The van der Waals surface area contributed by atoms with Gasteiger partial charge in [-0.15, -0.1) is 0 Å². The molecule has 0 saturated carbocycles. The van der Waals surface area contributed by atoms with Crippen molar-refractivity contribution in [2.75, 3.05) is 14.2 Å². The molecule has 0 aliphatic carbocycles. The highest BCUT2D eigenvalue weighted by molar-refractivity contribution is 5.74. The summed E-state index contributed by atoms with van der Waals surface area (Å²) in [7, 11) is 3.29. The number of carbonyl (C=O) groups is 1. The van der Waals surface area contributed by atoms with Gasteiger partial charge in [0.05, 0.1) is 7.11 Å². The van der Waals surface area contributed by atoms with Crippen LogP contribution in [0.3, 0.4) is 0 Å². The molecule has 4 heteroatoms. The summed E-state index contributed by atoms with van der Waals surface area (Å²) in [4.78, 5) is 11.0. The minimum Gasteiger partial charge on any atom is -0.497 e. The highest BCUT2D eigenvalue weighted by atomic mass is 16.5. The zero-order chi connectivity index (χ0) is 13.0. The predicted molar refractivity (Wildman–Crippen MR) is 66.7 cm³/mol. The van der Waals surface area contributed by atoms with Gasteiger partial charge in [-0.2, -0.15) is 0 Å². The van der Waals surface area contributed by atoms with Crippen LogP contribution in [-0.2, 0) is 11.2 Å². The Kier molecular flexibility index (Phi) is 4.52. The van der Waals surface area contributed by atoms with Crippen LogP contribution in [0.5, 0.6) is 5.75 Å². The van der Waals surface area contributed by atoms with Gasteiger partial charge in [-0.05, 0) is 56.1 Å². The number of hydrogen-bond donors (Lipinski definition) is 2. The number of nitrogens with one attached hydrogen (secondary N) is 1. The molecule has 0 spiro atoms. The topological polar surface area (TPSA) is 58.6 Å². The average molecular weight is 237 g/mol. The molecule has 1 unspecified atom stereocenters. The first-order chi connectivity index (χ1) is 7.99. The fourth-order valence-electron chi connectivity index (χ4n) is 1.91. The van der Waals surface area contributed by atoms with Crippen molar-refractivity contribution in [3.8, 4) is 5.75 Å². The number of rotatable bonds is 5. The number of hydrogen-bond acceptors (Lipinski definition) is 3. The second-order valence-corrected chi connectivity index (χ2v) is 4.12. The Hall–Kier alpha value is -1.55. The van der Waals surface area contributed by atoms with Crippen LogP contribution in [0.4, 0.5) is 0 Å². The van der Waals surface area contributed by atoms with Gasteiger partial charge >= 0.3 is 5.97 Å². The summed E-state index contributed by atoms with van der Waals surface area (Å²) in [5, 5.41) is 11.8. The third-order valence-electron chi connectivity index (χ3n) is 2.96. The molecule has 94 valence electrons. The molecule has 0 amide bonds. The molecule has 1 aromatic rings. The second-order valence-electron chi connectivity index (χ2n) is 4.12. The lowest BCUT2D eigenvalue weighted by molar-refractivity contribution is -0.139. The van der Waals surface area contributed by atoms with Gasteiger partial charge in [0.15, 0.2) is 0 Å². The standard InChI is InChI=1S/C13H19NO3/c1-8-5-10(17-4)6-9(2)11(8)7-12(14-3)13(15)16/h5-6,12,14H,7H2,1-4H3,(H,15,16). The van der Waals surface area contributed by atoms with Crippen molar-refractivity contribution in [2.45, 2.75) is 26.3 Å².